The number of piperidine rings is 1. The summed E-state index contributed by atoms with van der Waals surface area (Å²) in [6.07, 6.45) is 7.47. The third kappa shape index (κ3) is 5.85. The molecule has 3 N–H and O–H groups in total. The molecule has 1 atom stereocenters. The van der Waals surface area contributed by atoms with Crippen LogP contribution in [0, 0.1) is 0 Å². The lowest BCUT2D eigenvalue weighted by atomic mass is 9.97. The molecule has 2 aliphatic rings. The number of carbonyl (C=O) groups excluding carboxylic acids is 1. The van der Waals surface area contributed by atoms with Gasteiger partial charge in [-0.1, -0.05) is 49.6 Å². The van der Waals surface area contributed by atoms with Crippen molar-refractivity contribution in [2.24, 2.45) is 5.73 Å². The van der Waals surface area contributed by atoms with Gasteiger partial charge in [0, 0.05) is 19.1 Å². The van der Waals surface area contributed by atoms with Crippen molar-refractivity contribution in [3.63, 3.8) is 0 Å². The number of halogens is 2. The van der Waals surface area contributed by atoms with E-state index in [0.717, 1.165) is 51.7 Å². The van der Waals surface area contributed by atoms with Gasteiger partial charge in [-0.25, -0.2) is 0 Å². The summed E-state index contributed by atoms with van der Waals surface area (Å²) < 4.78 is 0. The van der Waals surface area contributed by atoms with Crippen molar-refractivity contribution in [1.82, 2.24) is 10.2 Å². The molecule has 0 aromatic heterocycles. The lowest BCUT2D eigenvalue weighted by Gasteiger charge is -2.36. The molecular weight excluding hydrogens is 357 g/mol. The summed E-state index contributed by atoms with van der Waals surface area (Å²) in [7, 11) is 0. The van der Waals surface area contributed by atoms with E-state index in [2.05, 4.69) is 40.5 Å². The molecule has 1 aromatic rings. The van der Waals surface area contributed by atoms with Gasteiger partial charge in [0.1, 0.15) is 0 Å². The molecule has 4 nitrogen and oxygen atoms in total. The standard InChI is InChI=1S/C19H29N3O.2ClH/c20-19(11-5-6-12-19)18(23)21-14-17-10-4-7-13-22(17)15-16-8-2-1-3-9-16;;/h1-3,8-9,17H,4-7,10-15,20H2,(H,21,23);2*1H. The van der Waals surface area contributed by atoms with Crippen LogP contribution in [0.15, 0.2) is 30.3 Å². The maximum Gasteiger partial charge on any atom is 0.240 e. The van der Waals surface area contributed by atoms with E-state index in [1.165, 1.54) is 18.4 Å². The van der Waals surface area contributed by atoms with Crippen LogP contribution in [0.25, 0.3) is 0 Å². The van der Waals surface area contributed by atoms with E-state index in [0.29, 0.717) is 6.04 Å². The molecule has 1 saturated carbocycles. The molecule has 6 heteroatoms. The molecule has 1 aliphatic heterocycles. The monoisotopic (exact) mass is 387 g/mol. The van der Waals surface area contributed by atoms with Crippen molar-refractivity contribution in [3.05, 3.63) is 35.9 Å². The largest absolute Gasteiger partial charge is 0.353 e. The van der Waals surface area contributed by atoms with Crippen LogP contribution < -0.4 is 11.1 Å². The van der Waals surface area contributed by atoms with Crippen molar-refractivity contribution in [1.29, 1.82) is 0 Å². The Balaban J connectivity index is 0.00000156. The summed E-state index contributed by atoms with van der Waals surface area (Å²) in [5.41, 5.74) is 6.98. The van der Waals surface area contributed by atoms with Crippen LogP contribution in [0.1, 0.15) is 50.5 Å². The Morgan fingerprint density at radius 3 is 2.48 bits per heavy atom. The molecule has 0 spiro atoms. The smallest absolute Gasteiger partial charge is 0.240 e. The summed E-state index contributed by atoms with van der Waals surface area (Å²) in [6.45, 7) is 2.81. The molecular formula is C19H31Cl2N3O. The highest BCUT2D eigenvalue weighted by atomic mass is 35.5. The van der Waals surface area contributed by atoms with Gasteiger partial charge in [0.25, 0.3) is 0 Å². The number of hydrogen-bond acceptors (Lipinski definition) is 3. The van der Waals surface area contributed by atoms with E-state index >= 15 is 0 Å². The molecule has 2 fully saturated rings. The lowest BCUT2D eigenvalue weighted by molar-refractivity contribution is -0.126. The van der Waals surface area contributed by atoms with Crippen LogP contribution in [0.5, 0.6) is 0 Å². The fourth-order valence-corrected chi connectivity index (χ4v) is 3.94. The Kier molecular flexibility index (Phi) is 9.22. The molecule has 0 radical (unpaired) electrons. The molecule has 1 unspecified atom stereocenters. The topological polar surface area (TPSA) is 58.4 Å². The number of likely N-dealkylation sites (tertiary alicyclic amines) is 1. The van der Waals surface area contributed by atoms with Crippen LogP contribution in [0.3, 0.4) is 0 Å². The van der Waals surface area contributed by atoms with Crippen LogP contribution in [-0.4, -0.2) is 35.5 Å². The van der Waals surface area contributed by atoms with Gasteiger partial charge >= 0.3 is 0 Å². The average Bonchev–Trinajstić information content (AvgIpc) is 3.03. The Bertz CT molecular complexity index is 521. The number of carbonyl (C=O) groups is 1. The van der Waals surface area contributed by atoms with Crippen molar-refractivity contribution < 1.29 is 4.79 Å². The van der Waals surface area contributed by atoms with Crippen LogP contribution >= 0.6 is 24.8 Å². The minimum Gasteiger partial charge on any atom is -0.353 e. The molecule has 1 amide bonds. The Morgan fingerprint density at radius 1 is 1.12 bits per heavy atom. The van der Waals surface area contributed by atoms with Gasteiger partial charge in [-0.15, -0.1) is 24.8 Å². The SMILES string of the molecule is Cl.Cl.NC1(C(=O)NCC2CCCCN2Cc2ccccc2)CCCC1. The minimum atomic E-state index is -0.612. The molecule has 25 heavy (non-hydrogen) atoms. The number of nitrogens with two attached hydrogens (primary N) is 1. The van der Waals surface area contributed by atoms with E-state index in [1.54, 1.807) is 0 Å². The number of nitrogens with zero attached hydrogens (tertiary/aromatic N) is 1. The number of rotatable bonds is 5. The normalized spacial score (nSPS) is 22.5. The Morgan fingerprint density at radius 2 is 1.80 bits per heavy atom. The number of nitrogens with one attached hydrogen (secondary N) is 1. The Hall–Kier alpha value is -0.810. The summed E-state index contributed by atoms with van der Waals surface area (Å²) >= 11 is 0. The van der Waals surface area contributed by atoms with Gasteiger partial charge in [0.2, 0.25) is 5.91 Å². The highest BCUT2D eigenvalue weighted by Gasteiger charge is 2.37. The fraction of sp³-hybridized carbons (Fsp3) is 0.632. The van der Waals surface area contributed by atoms with Crippen LogP contribution in [-0.2, 0) is 11.3 Å². The zero-order valence-electron chi connectivity index (χ0n) is 14.8. The van der Waals surface area contributed by atoms with Gasteiger partial charge in [-0.3, -0.25) is 9.69 Å². The van der Waals surface area contributed by atoms with Gasteiger partial charge in [0.15, 0.2) is 0 Å². The van der Waals surface area contributed by atoms with Gasteiger partial charge < -0.3 is 11.1 Å². The van der Waals surface area contributed by atoms with Crippen molar-refractivity contribution in [2.45, 2.75) is 63.1 Å². The van der Waals surface area contributed by atoms with Crippen molar-refractivity contribution >= 4 is 30.7 Å². The second kappa shape index (κ2) is 10.4. The third-order valence-electron chi connectivity index (χ3n) is 5.42. The zero-order valence-corrected chi connectivity index (χ0v) is 16.4. The van der Waals surface area contributed by atoms with Gasteiger partial charge in [-0.05, 0) is 37.8 Å². The first-order valence-electron chi connectivity index (χ1n) is 9.02. The quantitative estimate of drug-likeness (QED) is 0.814. The van der Waals surface area contributed by atoms with E-state index in [1.807, 2.05) is 0 Å². The van der Waals surface area contributed by atoms with E-state index in [-0.39, 0.29) is 30.7 Å². The number of amides is 1. The summed E-state index contributed by atoms with van der Waals surface area (Å²) in [4.78, 5) is 14.9. The lowest BCUT2D eigenvalue weighted by Crippen LogP contribution is -2.55. The maximum atomic E-state index is 12.4. The second-order valence-electron chi connectivity index (χ2n) is 7.18. The highest BCUT2D eigenvalue weighted by molar-refractivity contribution is 5.86. The molecule has 1 heterocycles. The summed E-state index contributed by atoms with van der Waals surface area (Å²) in [5, 5.41) is 3.14. The van der Waals surface area contributed by atoms with E-state index in [9.17, 15) is 4.79 Å². The van der Waals surface area contributed by atoms with Gasteiger partial charge in [0.05, 0.1) is 5.54 Å². The first kappa shape index (κ1) is 22.2. The third-order valence-corrected chi connectivity index (χ3v) is 5.42. The molecule has 1 saturated heterocycles. The second-order valence-corrected chi connectivity index (χ2v) is 7.18. The first-order valence-corrected chi connectivity index (χ1v) is 9.02. The molecule has 142 valence electrons. The highest BCUT2D eigenvalue weighted by Crippen LogP contribution is 2.27. The number of benzene rings is 1. The molecule has 1 aromatic carbocycles. The van der Waals surface area contributed by atoms with Gasteiger partial charge in [-0.2, -0.15) is 0 Å². The van der Waals surface area contributed by atoms with Crippen molar-refractivity contribution in [2.75, 3.05) is 13.1 Å². The predicted molar refractivity (Wildman–Crippen MR) is 107 cm³/mol. The maximum absolute atomic E-state index is 12.4. The minimum absolute atomic E-state index is 0. The molecule has 0 bridgehead atoms. The van der Waals surface area contributed by atoms with Crippen LogP contribution in [0.4, 0.5) is 0 Å². The predicted octanol–water partition coefficient (Wildman–Crippen LogP) is 3.27. The first-order chi connectivity index (χ1) is 11.2. The zero-order chi connectivity index (χ0) is 16.1. The molecule has 1 aliphatic carbocycles. The van der Waals surface area contributed by atoms with Crippen LogP contribution in [0.2, 0.25) is 0 Å². The Labute approximate surface area is 163 Å². The fourth-order valence-electron chi connectivity index (χ4n) is 3.94. The number of hydrogen-bond donors (Lipinski definition) is 2. The van der Waals surface area contributed by atoms with Crippen molar-refractivity contribution in [3.8, 4) is 0 Å². The average molecular weight is 388 g/mol. The van der Waals surface area contributed by atoms with E-state index in [4.69, 9.17) is 5.73 Å². The summed E-state index contributed by atoms with van der Waals surface area (Å²) in [6, 6.07) is 11.0. The van der Waals surface area contributed by atoms with E-state index < -0.39 is 5.54 Å². The summed E-state index contributed by atoms with van der Waals surface area (Å²) in [5.74, 6) is 0.0558. The molecule has 3 rings (SSSR count).